The van der Waals surface area contributed by atoms with E-state index in [9.17, 15) is 4.79 Å². The summed E-state index contributed by atoms with van der Waals surface area (Å²) in [5, 5.41) is 11.0. The van der Waals surface area contributed by atoms with Crippen LogP contribution in [0.1, 0.15) is 10.5 Å². The predicted molar refractivity (Wildman–Crippen MR) is 80.8 cm³/mol. The molecular formula is C15H11ClN4O. The standard InChI is InChI=1S/C15H11ClN4O/c16-12-8-4-5-9-13(12)17-15(21)14-10-20(19-18-14)11-6-2-1-3-7-11/h1-10H,(H,17,21). The normalized spacial score (nSPS) is 10.3. The molecule has 2 aromatic carbocycles. The summed E-state index contributed by atoms with van der Waals surface area (Å²) >= 11 is 6.00. The topological polar surface area (TPSA) is 59.8 Å². The summed E-state index contributed by atoms with van der Waals surface area (Å²) in [6.07, 6.45) is 1.57. The van der Waals surface area contributed by atoms with Crippen LogP contribution in [-0.2, 0) is 0 Å². The molecule has 6 heteroatoms. The van der Waals surface area contributed by atoms with Gasteiger partial charge in [-0.15, -0.1) is 5.10 Å². The molecule has 0 bridgehead atoms. The van der Waals surface area contributed by atoms with Crippen molar-refractivity contribution in [3.8, 4) is 5.69 Å². The zero-order valence-electron chi connectivity index (χ0n) is 10.9. The Morgan fingerprint density at radius 3 is 2.52 bits per heavy atom. The van der Waals surface area contributed by atoms with Crippen molar-refractivity contribution in [2.24, 2.45) is 0 Å². The molecule has 0 atom stereocenters. The number of aromatic nitrogens is 3. The molecule has 3 rings (SSSR count). The van der Waals surface area contributed by atoms with Crippen molar-refractivity contribution in [2.45, 2.75) is 0 Å². The molecule has 1 amide bonds. The molecular weight excluding hydrogens is 288 g/mol. The second-order valence-electron chi connectivity index (χ2n) is 4.32. The van der Waals surface area contributed by atoms with E-state index in [1.807, 2.05) is 30.3 Å². The first-order valence-corrected chi connectivity index (χ1v) is 6.65. The molecule has 0 aliphatic rings. The van der Waals surface area contributed by atoms with E-state index in [2.05, 4.69) is 15.6 Å². The predicted octanol–water partition coefficient (Wildman–Crippen LogP) is 3.17. The lowest BCUT2D eigenvalue weighted by Gasteiger charge is -2.04. The molecule has 1 heterocycles. The molecule has 0 saturated carbocycles. The maximum absolute atomic E-state index is 12.1. The van der Waals surface area contributed by atoms with E-state index in [4.69, 9.17) is 11.6 Å². The highest BCUT2D eigenvalue weighted by Gasteiger charge is 2.12. The van der Waals surface area contributed by atoms with Crippen molar-refractivity contribution in [3.63, 3.8) is 0 Å². The highest BCUT2D eigenvalue weighted by atomic mass is 35.5. The Kier molecular flexibility index (Phi) is 3.66. The van der Waals surface area contributed by atoms with Crippen LogP contribution in [0.5, 0.6) is 0 Å². The van der Waals surface area contributed by atoms with Crippen molar-refractivity contribution < 1.29 is 4.79 Å². The average Bonchev–Trinajstić information content (AvgIpc) is 3.00. The minimum absolute atomic E-state index is 0.221. The van der Waals surface area contributed by atoms with Gasteiger partial charge < -0.3 is 5.32 Å². The summed E-state index contributed by atoms with van der Waals surface area (Å²) in [5.41, 5.74) is 1.60. The van der Waals surface area contributed by atoms with E-state index in [0.29, 0.717) is 10.7 Å². The minimum atomic E-state index is -0.356. The number of anilines is 1. The van der Waals surface area contributed by atoms with Gasteiger partial charge >= 0.3 is 0 Å². The number of hydrogen-bond acceptors (Lipinski definition) is 3. The minimum Gasteiger partial charge on any atom is -0.319 e. The van der Waals surface area contributed by atoms with Crippen molar-refractivity contribution in [3.05, 3.63) is 71.5 Å². The highest BCUT2D eigenvalue weighted by molar-refractivity contribution is 6.33. The third-order valence-corrected chi connectivity index (χ3v) is 3.20. The second-order valence-corrected chi connectivity index (χ2v) is 4.73. The Morgan fingerprint density at radius 1 is 1.05 bits per heavy atom. The molecule has 0 spiro atoms. The lowest BCUT2D eigenvalue weighted by molar-refractivity contribution is 0.102. The monoisotopic (exact) mass is 298 g/mol. The molecule has 0 radical (unpaired) electrons. The zero-order chi connectivity index (χ0) is 14.7. The molecule has 1 N–H and O–H groups in total. The fraction of sp³-hybridized carbons (Fsp3) is 0. The summed E-state index contributed by atoms with van der Waals surface area (Å²) < 4.78 is 1.54. The number of nitrogens with zero attached hydrogens (tertiary/aromatic N) is 3. The van der Waals surface area contributed by atoms with Gasteiger partial charge in [0.1, 0.15) is 0 Å². The molecule has 0 unspecified atom stereocenters. The molecule has 0 aliphatic carbocycles. The van der Waals surface area contributed by atoms with E-state index in [1.165, 1.54) is 0 Å². The Labute approximate surface area is 126 Å². The van der Waals surface area contributed by atoms with Gasteiger partial charge in [0.25, 0.3) is 5.91 Å². The number of carbonyl (C=O) groups excluding carboxylic acids is 1. The first-order chi connectivity index (χ1) is 10.2. The summed E-state index contributed by atoms with van der Waals surface area (Å²) in [7, 11) is 0. The summed E-state index contributed by atoms with van der Waals surface area (Å²) in [4.78, 5) is 12.1. The van der Waals surface area contributed by atoms with Gasteiger partial charge in [-0.3, -0.25) is 4.79 Å². The van der Waals surface area contributed by atoms with Gasteiger partial charge in [-0.1, -0.05) is 47.1 Å². The molecule has 0 aliphatic heterocycles. The molecule has 21 heavy (non-hydrogen) atoms. The zero-order valence-corrected chi connectivity index (χ0v) is 11.7. The fourth-order valence-corrected chi connectivity index (χ4v) is 2.01. The van der Waals surface area contributed by atoms with Gasteiger partial charge in [-0.25, -0.2) is 4.68 Å². The van der Waals surface area contributed by atoms with Crippen molar-refractivity contribution in [2.75, 3.05) is 5.32 Å². The van der Waals surface area contributed by atoms with Gasteiger partial charge in [0, 0.05) is 0 Å². The van der Waals surface area contributed by atoms with Crippen molar-refractivity contribution >= 4 is 23.2 Å². The van der Waals surface area contributed by atoms with E-state index < -0.39 is 0 Å². The fourth-order valence-electron chi connectivity index (χ4n) is 1.82. The number of benzene rings is 2. The molecule has 1 aromatic heterocycles. The SMILES string of the molecule is O=C(Nc1ccccc1Cl)c1cn(-c2ccccc2)nn1. The highest BCUT2D eigenvalue weighted by Crippen LogP contribution is 2.20. The van der Waals surface area contributed by atoms with Crippen molar-refractivity contribution in [1.29, 1.82) is 0 Å². The Morgan fingerprint density at radius 2 is 1.76 bits per heavy atom. The number of rotatable bonds is 3. The van der Waals surface area contributed by atoms with Crippen LogP contribution in [-0.4, -0.2) is 20.9 Å². The van der Waals surface area contributed by atoms with Crippen LogP contribution in [0, 0.1) is 0 Å². The van der Waals surface area contributed by atoms with Crippen LogP contribution in [0.15, 0.2) is 60.8 Å². The number of halogens is 1. The van der Waals surface area contributed by atoms with Crippen LogP contribution >= 0.6 is 11.6 Å². The largest absolute Gasteiger partial charge is 0.319 e. The molecule has 3 aromatic rings. The number of carbonyl (C=O) groups is 1. The third-order valence-electron chi connectivity index (χ3n) is 2.87. The Bertz CT molecular complexity index is 770. The van der Waals surface area contributed by atoms with Crippen LogP contribution in [0.2, 0.25) is 5.02 Å². The second kappa shape index (κ2) is 5.76. The lowest BCUT2D eigenvalue weighted by Crippen LogP contribution is -2.12. The number of para-hydroxylation sites is 2. The van der Waals surface area contributed by atoms with Crippen molar-refractivity contribution in [1.82, 2.24) is 15.0 Å². The van der Waals surface area contributed by atoms with Gasteiger partial charge in [-0.05, 0) is 24.3 Å². The quantitative estimate of drug-likeness (QED) is 0.808. The molecule has 104 valence electrons. The summed E-state index contributed by atoms with van der Waals surface area (Å²) in [6.45, 7) is 0. The number of nitrogens with one attached hydrogen (secondary N) is 1. The first kappa shape index (κ1) is 13.3. The van der Waals surface area contributed by atoms with E-state index >= 15 is 0 Å². The molecule has 0 fully saturated rings. The first-order valence-electron chi connectivity index (χ1n) is 6.28. The van der Waals surface area contributed by atoms with E-state index in [1.54, 1.807) is 35.1 Å². The van der Waals surface area contributed by atoms with Gasteiger partial charge in [0.15, 0.2) is 5.69 Å². The maximum Gasteiger partial charge on any atom is 0.277 e. The lowest BCUT2D eigenvalue weighted by atomic mass is 10.3. The number of amides is 1. The van der Waals surface area contributed by atoms with Crippen LogP contribution in [0.3, 0.4) is 0 Å². The van der Waals surface area contributed by atoms with E-state index in [-0.39, 0.29) is 11.6 Å². The Hall–Kier alpha value is -2.66. The smallest absolute Gasteiger partial charge is 0.277 e. The average molecular weight is 299 g/mol. The molecule has 5 nitrogen and oxygen atoms in total. The van der Waals surface area contributed by atoms with Crippen LogP contribution in [0.25, 0.3) is 5.69 Å². The van der Waals surface area contributed by atoms with Gasteiger partial charge in [-0.2, -0.15) is 0 Å². The Balaban J connectivity index is 1.80. The van der Waals surface area contributed by atoms with Crippen LogP contribution in [0.4, 0.5) is 5.69 Å². The van der Waals surface area contributed by atoms with Gasteiger partial charge in [0.05, 0.1) is 22.6 Å². The third kappa shape index (κ3) is 2.93. The van der Waals surface area contributed by atoms with Gasteiger partial charge in [0.2, 0.25) is 0 Å². The summed E-state index contributed by atoms with van der Waals surface area (Å²) in [6, 6.07) is 16.5. The molecule has 0 saturated heterocycles. The number of hydrogen-bond donors (Lipinski definition) is 1. The summed E-state index contributed by atoms with van der Waals surface area (Å²) in [5.74, 6) is -0.356. The van der Waals surface area contributed by atoms with Crippen LogP contribution < -0.4 is 5.32 Å². The van der Waals surface area contributed by atoms with E-state index in [0.717, 1.165) is 5.69 Å². The maximum atomic E-state index is 12.1.